The Kier molecular flexibility index (Phi) is 6.61. The Bertz CT molecular complexity index is 1050. The number of nitrogens with one attached hydrogen (secondary N) is 1. The van der Waals surface area contributed by atoms with Crippen LogP contribution < -0.4 is 15.7 Å². The van der Waals surface area contributed by atoms with Gasteiger partial charge in [0.15, 0.2) is 0 Å². The predicted octanol–water partition coefficient (Wildman–Crippen LogP) is 4.20. The summed E-state index contributed by atoms with van der Waals surface area (Å²) in [5.41, 5.74) is 2.24. The van der Waals surface area contributed by atoms with Crippen LogP contribution in [-0.4, -0.2) is 29.3 Å². The summed E-state index contributed by atoms with van der Waals surface area (Å²) in [5, 5.41) is 13.3. The maximum atomic E-state index is 12.8. The van der Waals surface area contributed by atoms with Crippen molar-refractivity contribution in [1.29, 1.82) is 0 Å². The van der Waals surface area contributed by atoms with Gasteiger partial charge in [-0.15, -0.1) is 0 Å². The fourth-order valence-corrected chi connectivity index (χ4v) is 5.22. The third-order valence-electron chi connectivity index (χ3n) is 7.62. The van der Waals surface area contributed by atoms with Gasteiger partial charge in [-0.2, -0.15) is 0 Å². The first kappa shape index (κ1) is 22.8. The van der Waals surface area contributed by atoms with Crippen LogP contribution in [-0.2, 0) is 17.6 Å². The van der Waals surface area contributed by atoms with E-state index in [2.05, 4.69) is 11.4 Å². The number of carbonyl (C=O) groups is 1. The van der Waals surface area contributed by atoms with Crippen molar-refractivity contribution < 1.29 is 19.1 Å². The van der Waals surface area contributed by atoms with Crippen molar-refractivity contribution in [3.8, 4) is 5.75 Å². The van der Waals surface area contributed by atoms with Gasteiger partial charge < -0.3 is 19.6 Å². The fourth-order valence-electron chi connectivity index (χ4n) is 5.22. The van der Waals surface area contributed by atoms with Gasteiger partial charge in [0, 0.05) is 11.5 Å². The minimum Gasteiger partial charge on any atom is -0.487 e. The largest absolute Gasteiger partial charge is 0.487 e. The molecular formula is C26H35NO5. The van der Waals surface area contributed by atoms with E-state index in [0.717, 1.165) is 54.4 Å². The lowest BCUT2D eigenvalue weighted by molar-refractivity contribution is -0.121. The van der Waals surface area contributed by atoms with E-state index in [-0.39, 0.29) is 36.5 Å². The third-order valence-corrected chi connectivity index (χ3v) is 7.62. The summed E-state index contributed by atoms with van der Waals surface area (Å²) in [5.74, 6) is 0.703. The summed E-state index contributed by atoms with van der Waals surface area (Å²) in [6, 6.07) is 3.61. The Balaban J connectivity index is 1.60. The number of benzene rings is 1. The van der Waals surface area contributed by atoms with Gasteiger partial charge in [-0.25, -0.2) is 4.79 Å². The van der Waals surface area contributed by atoms with Gasteiger partial charge in [0.1, 0.15) is 16.9 Å². The molecule has 1 aromatic carbocycles. The van der Waals surface area contributed by atoms with Crippen LogP contribution in [0, 0.1) is 12.8 Å². The van der Waals surface area contributed by atoms with Crippen molar-refractivity contribution >= 4 is 16.9 Å². The highest BCUT2D eigenvalue weighted by Gasteiger charge is 2.37. The Morgan fingerprint density at radius 2 is 1.97 bits per heavy atom. The second kappa shape index (κ2) is 9.26. The molecule has 1 fully saturated rings. The molecule has 0 radical (unpaired) electrons. The quantitative estimate of drug-likeness (QED) is 0.656. The van der Waals surface area contributed by atoms with Gasteiger partial charge in [0.2, 0.25) is 5.91 Å². The Morgan fingerprint density at radius 3 is 2.66 bits per heavy atom. The number of hydrogen-bond donors (Lipinski definition) is 2. The van der Waals surface area contributed by atoms with Crippen LogP contribution in [0.4, 0.5) is 0 Å². The molecule has 1 aliphatic carbocycles. The number of carbonyl (C=O) groups excluding carboxylic acids is 1. The molecule has 2 atom stereocenters. The van der Waals surface area contributed by atoms with Crippen LogP contribution in [0.15, 0.2) is 21.3 Å². The summed E-state index contributed by atoms with van der Waals surface area (Å²) in [4.78, 5) is 25.4. The van der Waals surface area contributed by atoms with Crippen molar-refractivity contribution in [3.05, 3.63) is 39.2 Å². The fraction of sp³-hybridized carbons (Fsp3) is 0.615. The molecule has 1 amide bonds. The van der Waals surface area contributed by atoms with Crippen LogP contribution in [0.2, 0.25) is 0 Å². The van der Waals surface area contributed by atoms with Gasteiger partial charge in [-0.05, 0) is 68.6 Å². The van der Waals surface area contributed by atoms with Crippen molar-refractivity contribution in [3.63, 3.8) is 0 Å². The van der Waals surface area contributed by atoms with Crippen molar-refractivity contribution in [2.75, 3.05) is 6.61 Å². The SMILES string of the molecule is CCC(C)C(CO)NC(=O)Cc1c(C)c2cc3c(cc2oc1=O)OC1(CCCCC1)CC3. The minimum absolute atomic E-state index is 0.0618. The van der Waals surface area contributed by atoms with Crippen molar-refractivity contribution in [2.45, 2.75) is 90.2 Å². The molecule has 6 heteroatoms. The van der Waals surface area contributed by atoms with Crippen molar-refractivity contribution in [1.82, 2.24) is 5.32 Å². The molecule has 1 aliphatic heterocycles. The molecular weight excluding hydrogens is 406 g/mol. The van der Waals surface area contributed by atoms with Crippen LogP contribution >= 0.6 is 0 Å². The lowest BCUT2D eigenvalue weighted by atomic mass is 9.79. The van der Waals surface area contributed by atoms with Gasteiger partial charge in [0.05, 0.1) is 24.6 Å². The first-order valence-corrected chi connectivity index (χ1v) is 12.0. The van der Waals surface area contributed by atoms with E-state index in [0.29, 0.717) is 11.1 Å². The Labute approximate surface area is 189 Å². The number of aliphatic hydroxyl groups is 1. The molecule has 32 heavy (non-hydrogen) atoms. The zero-order chi connectivity index (χ0) is 22.9. The molecule has 174 valence electrons. The molecule has 2 unspecified atom stereocenters. The average molecular weight is 442 g/mol. The molecule has 1 aromatic heterocycles. The molecule has 2 N–H and O–H groups in total. The highest BCUT2D eigenvalue weighted by atomic mass is 16.5. The number of amides is 1. The second-order valence-electron chi connectivity index (χ2n) is 9.71. The van der Waals surface area contributed by atoms with E-state index >= 15 is 0 Å². The van der Waals surface area contributed by atoms with E-state index < -0.39 is 5.63 Å². The maximum absolute atomic E-state index is 12.8. The summed E-state index contributed by atoms with van der Waals surface area (Å²) in [6.07, 6.45) is 8.62. The molecule has 1 spiro atoms. The number of hydrogen-bond acceptors (Lipinski definition) is 5. The molecule has 2 aromatic rings. The molecule has 2 aliphatic rings. The average Bonchev–Trinajstić information content (AvgIpc) is 2.79. The molecule has 6 nitrogen and oxygen atoms in total. The van der Waals surface area contributed by atoms with Crippen LogP contribution in [0.25, 0.3) is 11.0 Å². The highest BCUT2D eigenvalue weighted by molar-refractivity contribution is 5.86. The summed E-state index contributed by atoms with van der Waals surface area (Å²) >= 11 is 0. The Hall–Kier alpha value is -2.34. The van der Waals surface area contributed by atoms with E-state index in [9.17, 15) is 14.7 Å². The number of rotatable bonds is 6. The summed E-state index contributed by atoms with van der Waals surface area (Å²) in [6.45, 7) is 5.75. The number of ether oxygens (including phenoxy) is 1. The summed E-state index contributed by atoms with van der Waals surface area (Å²) in [7, 11) is 0. The standard InChI is InChI=1S/C26H35NO5/c1-4-16(2)21(15-28)27-24(29)13-20-17(3)19-12-18-8-11-26(9-6-5-7-10-26)32-22(18)14-23(19)31-25(20)30/h12,14,16,21,28H,4-11,13,15H2,1-3H3,(H,27,29). The number of aryl methyl sites for hydroxylation is 2. The number of fused-ring (bicyclic) bond motifs is 2. The monoisotopic (exact) mass is 441 g/mol. The molecule has 1 saturated carbocycles. The van der Waals surface area contributed by atoms with Gasteiger partial charge in [-0.1, -0.05) is 26.7 Å². The Morgan fingerprint density at radius 1 is 1.22 bits per heavy atom. The summed E-state index contributed by atoms with van der Waals surface area (Å²) < 4.78 is 12.1. The maximum Gasteiger partial charge on any atom is 0.340 e. The lowest BCUT2D eigenvalue weighted by Gasteiger charge is -2.41. The first-order valence-electron chi connectivity index (χ1n) is 12.0. The van der Waals surface area contributed by atoms with Crippen LogP contribution in [0.1, 0.15) is 75.5 Å². The van der Waals surface area contributed by atoms with E-state index in [1.165, 1.54) is 19.3 Å². The van der Waals surface area contributed by atoms with E-state index in [4.69, 9.17) is 9.15 Å². The van der Waals surface area contributed by atoms with Crippen LogP contribution in [0.3, 0.4) is 0 Å². The van der Waals surface area contributed by atoms with Gasteiger partial charge in [-0.3, -0.25) is 4.79 Å². The lowest BCUT2D eigenvalue weighted by Crippen LogP contribution is -2.43. The second-order valence-corrected chi connectivity index (χ2v) is 9.71. The van der Waals surface area contributed by atoms with E-state index in [1.54, 1.807) is 0 Å². The minimum atomic E-state index is -0.489. The predicted molar refractivity (Wildman–Crippen MR) is 124 cm³/mol. The molecule has 2 heterocycles. The van der Waals surface area contributed by atoms with Gasteiger partial charge in [0.25, 0.3) is 0 Å². The zero-order valence-electron chi connectivity index (χ0n) is 19.5. The van der Waals surface area contributed by atoms with E-state index in [1.807, 2.05) is 26.8 Å². The first-order chi connectivity index (χ1) is 15.4. The normalized spacial score (nSPS) is 19.2. The molecule has 4 rings (SSSR count). The molecule has 0 bridgehead atoms. The molecule has 0 saturated heterocycles. The third kappa shape index (κ3) is 4.42. The topological polar surface area (TPSA) is 88.8 Å². The zero-order valence-corrected chi connectivity index (χ0v) is 19.5. The highest BCUT2D eigenvalue weighted by Crippen LogP contribution is 2.43. The number of aliphatic hydroxyl groups excluding tert-OH is 1. The van der Waals surface area contributed by atoms with Crippen molar-refractivity contribution in [2.24, 2.45) is 5.92 Å². The van der Waals surface area contributed by atoms with Crippen LogP contribution in [0.5, 0.6) is 5.75 Å². The van der Waals surface area contributed by atoms with Gasteiger partial charge >= 0.3 is 5.63 Å². The smallest absolute Gasteiger partial charge is 0.340 e.